The zero-order valence-corrected chi connectivity index (χ0v) is 16.4. The summed E-state index contributed by atoms with van der Waals surface area (Å²) in [6.07, 6.45) is 4.72. The minimum atomic E-state index is -3.45. The molecular weight excluding hydrogens is 336 g/mol. The van der Waals surface area contributed by atoms with Crippen molar-refractivity contribution in [3.8, 4) is 0 Å². The number of hydrogen-bond donors (Lipinski definition) is 3. The van der Waals surface area contributed by atoms with Crippen molar-refractivity contribution in [1.29, 1.82) is 0 Å². The number of sulfonamides is 1. The van der Waals surface area contributed by atoms with Gasteiger partial charge in [-0.15, -0.1) is 0 Å². The smallest absolute Gasteiger partial charge is 0.240 e. The molecule has 0 spiro atoms. The summed E-state index contributed by atoms with van der Waals surface area (Å²) < 4.78 is 26.9. The maximum absolute atomic E-state index is 12.1. The van der Waals surface area contributed by atoms with Crippen LogP contribution in [0.15, 0.2) is 34.2 Å². The molecule has 0 aliphatic rings. The van der Waals surface area contributed by atoms with E-state index in [-0.39, 0.29) is 10.8 Å². The highest BCUT2D eigenvalue weighted by atomic mass is 32.2. The molecule has 142 valence electrons. The molecule has 25 heavy (non-hydrogen) atoms. The van der Waals surface area contributed by atoms with Crippen molar-refractivity contribution in [2.45, 2.75) is 57.9 Å². The highest BCUT2D eigenvalue weighted by Gasteiger charge is 2.13. The van der Waals surface area contributed by atoms with Gasteiger partial charge in [-0.05, 0) is 30.0 Å². The van der Waals surface area contributed by atoms with Gasteiger partial charge in [0.25, 0.3) is 0 Å². The Morgan fingerprint density at radius 1 is 1.16 bits per heavy atom. The van der Waals surface area contributed by atoms with E-state index in [1.165, 1.54) is 19.3 Å². The van der Waals surface area contributed by atoms with Crippen LogP contribution in [-0.2, 0) is 16.6 Å². The number of nitrogens with zero attached hydrogens (tertiary/aromatic N) is 1. The molecule has 7 heteroatoms. The monoisotopic (exact) mass is 368 g/mol. The van der Waals surface area contributed by atoms with Gasteiger partial charge in [0.05, 0.1) is 11.4 Å². The molecule has 0 radical (unpaired) electrons. The second-order valence-corrected chi connectivity index (χ2v) is 8.35. The zero-order chi connectivity index (χ0) is 18.7. The summed E-state index contributed by atoms with van der Waals surface area (Å²) in [4.78, 5) is 4.55. The van der Waals surface area contributed by atoms with E-state index in [9.17, 15) is 8.42 Å². The van der Waals surface area contributed by atoms with E-state index >= 15 is 0 Å². The van der Waals surface area contributed by atoms with Gasteiger partial charge < -0.3 is 11.1 Å². The van der Waals surface area contributed by atoms with Crippen LogP contribution in [0.5, 0.6) is 0 Å². The molecule has 0 saturated carbocycles. The molecule has 0 aliphatic heterocycles. The average molecular weight is 369 g/mol. The summed E-state index contributed by atoms with van der Waals surface area (Å²) >= 11 is 0. The summed E-state index contributed by atoms with van der Waals surface area (Å²) in [5.74, 6) is 0.688. The van der Waals surface area contributed by atoms with Gasteiger partial charge in [-0.1, -0.05) is 52.2 Å². The molecule has 0 aromatic heterocycles. The molecule has 0 bridgehead atoms. The molecule has 1 aromatic rings. The second kappa shape index (κ2) is 11.1. The highest BCUT2D eigenvalue weighted by molar-refractivity contribution is 7.89. The molecule has 0 unspecified atom stereocenters. The first-order valence-electron chi connectivity index (χ1n) is 8.97. The third-order valence-electron chi connectivity index (χ3n) is 3.68. The summed E-state index contributed by atoms with van der Waals surface area (Å²) in [6, 6.07) is 6.73. The number of aliphatic imine (C=N–C) groups is 1. The lowest BCUT2D eigenvalue weighted by atomic mass is 10.2. The standard InChI is InChI=1S/C18H32N4O2S/c1-4-5-6-7-12-20-18(19)21-14-16-8-10-17(11-9-16)25(23,24)22-13-15(2)3/h8-11,15,22H,4-7,12-14H2,1-3H3,(H3,19,20,21). The van der Waals surface area contributed by atoms with Crippen LogP contribution < -0.4 is 15.8 Å². The fourth-order valence-electron chi connectivity index (χ4n) is 2.13. The number of nitrogens with one attached hydrogen (secondary N) is 2. The number of unbranched alkanes of at least 4 members (excludes halogenated alkanes) is 3. The Morgan fingerprint density at radius 3 is 2.44 bits per heavy atom. The largest absolute Gasteiger partial charge is 0.370 e. The van der Waals surface area contributed by atoms with E-state index in [4.69, 9.17) is 5.73 Å². The number of hydrogen-bond acceptors (Lipinski definition) is 3. The van der Waals surface area contributed by atoms with Gasteiger partial charge in [-0.2, -0.15) is 0 Å². The van der Waals surface area contributed by atoms with Gasteiger partial charge >= 0.3 is 0 Å². The first-order valence-corrected chi connectivity index (χ1v) is 10.5. The minimum Gasteiger partial charge on any atom is -0.370 e. The van der Waals surface area contributed by atoms with Crippen LogP contribution in [0.1, 0.15) is 52.0 Å². The summed E-state index contributed by atoms with van der Waals surface area (Å²) in [7, 11) is -3.45. The quantitative estimate of drug-likeness (QED) is 0.318. The van der Waals surface area contributed by atoms with Gasteiger partial charge in [0.2, 0.25) is 10.0 Å². The highest BCUT2D eigenvalue weighted by Crippen LogP contribution is 2.11. The topological polar surface area (TPSA) is 96.6 Å². The third kappa shape index (κ3) is 8.88. The first kappa shape index (κ1) is 21.4. The minimum absolute atomic E-state index is 0.265. The van der Waals surface area contributed by atoms with Crippen LogP contribution in [0.4, 0.5) is 0 Å². The Balaban J connectivity index is 2.49. The Hall–Kier alpha value is -1.60. The predicted octanol–water partition coefficient (Wildman–Crippen LogP) is 2.61. The normalized spacial score (nSPS) is 12.6. The zero-order valence-electron chi connectivity index (χ0n) is 15.6. The molecule has 0 fully saturated rings. The van der Waals surface area contributed by atoms with Crippen LogP contribution in [-0.4, -0.2) is 27.5 Å². The van der Waals surface area contributed by atoms with Crippen LogP contribution >= 0.6 is 0 Å². The molecule has 1 aromatic carbocycles. The Labute approximate surface area is 152 Å². The molecule has 6 nitrogen and oxygen atoms in total. The predicted molar refractivity (Wildman–Crippen MR) is 104 cm³/mol. The molecule has 0 saturated heterocycles. The van der Waals surface area contributed by atoms with Crippen LogP contribution in [0.25, 0.3) is 0 Å². The van der Waals surface area contributed by atoms with Gasteiger partial charge in [-0.25, -0.2) is 18.1 Å². The lowest BCUT2D eigenvalue weighted by molar-refractivity contribution is 0.560. The molecule has 0 aliphatic carbocycles. The van der Waals surface area contributed by atoms with Crippen molar-refractivity contribution in [1.82, 2.24) is 10.0 Å². The number of guanidine groups is 1. The molecule has 0 atom stereocenters. The molecule has 0 heterocycles. The number of nitrogens with two attached hydrogens (primary N) is 1. The molecular formula is C18H32N4O2S. The van der Waals surface area contributed by atoms with Crippen LogP contribution in [0.2, 0.25) is 0 Å². The van der Waals surface area contributed by atoms with Gasteiger partial charge in [0.1, 0.15) is 0 Å². The SMILES string of the molecule is CCCCCCNC(N)=NCc1ccc(S(=O)(=O)NCC(C)C)cc1. The summed E-state index contributed by atoms with van der Waals surface area (Å²) in [6.45, 7) is 7.79. The van der Waals surface area contributed by atoms with Gasteiger partial charge in [0.15, 0.2) is 5.96 Å². The molecule has 1 rings (SSSR count). The number of benzene rings is 1. The van der Waals surface area contributed by atoms with Gasteiger partial charge in [-0.3, -0.25) is 0 Å². The summed E-state index contributed by atoms with van der Waals surface area (Å²) in [5, 5.41) is 3.10. The Morgan fingerprint density at radius 2 is 1.84 bits per heavy atom. The van der Waals surface area contributed by atoms with Crippen molar-refractivity contribution in [2.24, 2.45) is 16.6 Å². The molecule has 4 N–H and O–H groups in total. The van der Waals surface area contributed by atoms with Crippen molar-refractivity contribution in [2.75, 3.05) is 13.1 Å². The number of rotatable bonds is 11. The van der Waals surface area contributed by atoms with E-state index in [0.717, 1.165) is 18.5 Å². The lowest BCUT2D eigenvalue weighted by Crippen LogP contribution is -2.32. The average Bonchev–Trinajstić information content (AvgIpc) is 2.58. The van der Waals surface area contributed by atoms with Crippen molar-refractivity contribution in [3.63, 3.8) is 0 Å². The third-order valence-corrected chi connectivity index (χ3v) is 5.12. The van der Waals surface area contributed by atoms with E-state index < -0.39 is 10.0 Å². The van der Waals surface area contributed by atoms with Crippen molar-refractivity contribution < 1.29 is 8.42 Å². The van der Waals surface area contributed by atoms with E-state index in [1.54, 1.807) is 24.3 Å². The summed E-state index contributed by atoms with van der Waals surface area (Å²) in [5.41, 5.74) is 6.75. The van der Waals surface area contributed by atoms with E-state index in [2.05, 4.69) is 22.0 Å². The van der Waals surface area contributed by atoms with Crippen LogP contribution in [0, 0.1) is 5.92 Å². The Bertz CT molecular complexity index is 625. The maximum atomic E-state index is 12.1. The fourth-order valence-corrected chi connectivity index (χ4v) is 3.35. The fraction of sp³-hybridized carbons (Fsp3) is 0.611. The Kier molecular flexibility index (Phi) is 9.52. The van der Waals surface area contributed by atoms with E-state index in [0.29, 0.717) is 19.0 Å². The second-order valence-electron chi connectivity index (χ2n) is 6.58. The van der Waals surface area contributed by atoms with Crippen molar-refractivity contribution in [3.05, 3.63) is 29.8 Å². The first-order chi connectivity index (χ1) is 11.8. The lowest BCUT2D eigenvalue weighted by Gasteiger charge is -2.09. The van der Waals surface area contributed by atoms with Crippen LogP contribution in [0.3, 0.4) is 0 Å². The molecule has 0 amide bonds. The van der Waals surface area contributed by atoms with Crippen molar-refractivity contribution >= 4 is 16.0 Å². The van der Waals surface area contributed by atoms with Gasteiger partial charge in [0, 0.05) is 13.1 Å². The maximum Gasteiger partial charge on any atom is 0.240 e. The van der Waals surface area contributed by atoms with E-state index in [1.807, 2.05) is 13.8 Å².